The van der Waals surface area contributed by atoms with Gasteiger partial charge in [0.15, 0.2) is 9.84 Å². The molecule has 2 aliphatic rings. The Balaban J connectivity index is 1.39. The lowest BCUT2D eigenvalue weighted by molar-refractivity contribution is -0.121. The van der Waals surface area contributed by atoms with Crippen LogP contribution in [0, 0.1) is 12.8 Å². The molecule has 7 nitrogen and oxygen atoms in total. The first kappa shape index (κ1) is 20.7. The van der Waals surface area contributed by atoms with Crippen LogP contribution in [0.1, 0.15) is 43.3 Å². The Morgan fingerprint density at radius 1 is 1.20 bits per heavy atom. The maximum absolute atomic E-state index is 12.8. The van der Waals surface area contributed by atoms with E-state index in [1.54, 1.807) is 30.3 Å². The summed E-state index contributed by atoms with van der Waals surface area (Å²) in [6.07, 6.45) is 2.39. The van der Waals surface area contributed by atoms with Gasteiger partial charge in [-0.25, -0.2) is 8.42 Å². The predicted molar refractivity (Wildman–Crippen MR) is 112 cm³/mol. The molecule has 1 aliphatic carbocycles. The van der Waals surface area contributed by atoms with Gasteiger partial charge in [0, 0.05) is 24.1 Å². The molecule has 1 saturated carbocycles. The zero-order valence-electron chi connectivity index (χ0n) is 17.2. The Labute approximate surface area is 176 Å². The van der Waals surface area contributed by atoms with Crippen molar-refractivity contribution < 1.29 is 22.4 Å². The fraction of sp³-hybridized carbons (Fsp3) is 0.455. The second kappa shape index (κ2) is 7.91. The van der Waals surface area contributed by atoms with E-state index in [0.717, 1.165) is 29.9 Å². The Morgan fingerprint density at radius 2 is 1.97 bits per heavy atom. The molecule has 4 rings (SSSR count). The molecular weight excluding hydrogens is 404 g/mol. The highest BCUT2D eigenvalue weighted by Gasteiger charge is 2.39. The summed E-state index contributed by atoms with van der Waals surface area (Å²) in [4.78, 5) is 26.6. The summed E-state index contributed by atoms with van der Waals surface area (Å²) < 4.78 is 30.9. The maximum Gasteiger partial charge on any atom is 0.230 e. The normalized spacial score (nSPS) is 18.3. The Bertz CT molecular complexity index is 1080. The first-order valence-corrected chi connectivity index (χ1v) is 11.9. The predicted octanol–water partition coefficient (Wildman–Crippen LogP) is 2.76. The number of carbonyl (C=O) groups excluding carboxylic acids is 2. The molecule has 8 heteroatoms. The number of benzene rings is 1. The van der Waals surface area contributed by atoms with Gasteiger partial charge in [0.1, 0.15) is 11.5 Å². The molecule has 2 amide bonds. The molecule has 0 saturated heterocycles. The number of nitrogens with zero attached hydrogens (tertiary/aromatic N) is 1. The lowest BCUT2D eigenvalue weighted by Crippen LogP contribution is -2.36. The third-order valence-electron chi connectivity index (χ3n) is 5.64. The molecule has 1 aromatic heterocycles. The van der Waals surface area contributed by atoms with Crippen LogP contribution in [0.15, 0.2) is 39.6 Å². The number of nitrogens with one attached hydrogen (secondary N) is 1. The highest BCUT2D eigenvalue weighted by atomic mass is 32.2. The summed E-state index contributed by atoms with van der Waals surface area (Å²) in [7, 11) is -3.60. The second-order valence-electron chi connectivity index (χ2n) is 8.18. The van der Waals surface area contributed by atoms with E-state index in [1.807, 2.05) is 18.7 Å². The Hall–Kier alpha value is -2.61. The number of carbonyl (C=O) groups is 2. The van der Waals surface area contributed by atoms with Gasteiger partial charge >= 0.3 is 0 Å². The summed E-state index contributed by atoms with van der Waals surface area (Å²) in [5.41, 5.74) is 1.68. The quantitative estimate of drug-likeness (QED) is 0.729. The number of amides is 2. The van der Waals surface area contributed by atoms with Gasteiger partial charge in [0.25, 0.3) is 0 Å². The van der Waals surface area contributed by atoms with Crippen LogP contribution in [0.25, 0.3) is 0 Å². The molecule has 1 N–H and O–H groups in total. The summed E-state index contributed by atoms with van der Waals surface area (Å²) in [6.45, 7) is 4.03. The number of anilines is 1. The van der Waals surface area contributed by atoms with Gasteiger partial charge in [-0.15, -0.1) is 0 Å². The van der Waals surface area contributed by atoms with E-state index in [2.05, 4.69) is 5.32 Å². The van der Waals surface area contributed by atoms with Gasteiger partial charge in [-0.3, -0.25) is 9.59 Å². The third kappa shape index (κ3) is 4.28. The van der Waals surface area contributed by atoms with E-state index in [-0.39, 0.29) is 47.4 Å². The lowest BCUT2D eigenvalue weighted by atomic mass is 10.1. The Morgan fingerprint density at radius 3 is 2.63 bits per heavy atom. The minimum absolute atomic E-state index is 0.0297. The smallest absolute Gasteiger partial charge is 0.230 e. The number of rotatable bonds is 7. The minimum Gasteiger partial charge on any atom is -0.465 e. The maximum atomic E-state index is 12.8. The zero-order valence-corrected chi connectivity index (χ0v) is 18.0. The van der Waals surface area contributed by atoms with Crippen molar-refractivity contribution in [3.05, 3.63) is 47.4 Å². The van der Waals surface area contributed by atoms with Crippen molar-refractivity contribution in [1.29, 1.82) is 0 Å². The van der Waals surface area contributed by atoms with Gasteiger partial charge in [-0.05, 0) is 69.0 Å². The molecule has 160 valence electrons. The highest BCUT2D eigenvalue weighted by Crippen LogP contribution is 2.39. The fourth-order valence-electron chi connectivity index (χ4n) is 3.86. The molecule has 30 heavy (non-hydrogen) atoms. The monoisotopic (exact) mass is 430 g/mol. The summed E-state index contributed by atoms with van der Waals surface area (Å²) >= 11 is 0. The van der Waals surface area contributed by atoms with Crippen LogP contribution in [0.3, 0.4) is 0 Å². The van der Waals surface area contributed by atoms with E-state index >= 15 is 0 Å². The number of hydrogen-bond donors (Lipinski definition) is 1. The van der Waals surface area contributed by atoms with Gasteiger partial charge < -0.3 is 14.6 Å². The summed E-state index contributed by atoms with van der Waals surface area (Å²) in [5.74, 6) is 1.02. The van der Waals surface area contributed by atoms with Crippen molar-refractivity contribution >= 4 is 27.3 Å². The number of hydrogen-bond acceptors (Lipinski definition) is 5. The zero-order chi connectivity index (χ0) is 21.5. The molecule has 2 aromatic rings. The first-order valence-electron chi connectivity index (χ1n) is 10.3. The summed E-state index contributed by atoms with van der Waals surface area (Å²) in [6, 6.07) is 8.54. The second-order valence-corrected chi connectivity index (χ2v) is 10.3. The molecule has 0 bridgehead atoms. The average molecular weight is 431 g/mol. The molecule has 0 unspecified atom stereocenters. The highest BCUT2D eigenvalue weighted by molar-refractivity contribution is 7.91. The fourth-order valence-corrected chi connectivity index (χ4v) is 5.15. The van der Waals surface area contributed by atoms with Crippen molar-refractivity contribution in [3.8, 4) is 0 Å². The van der Waals surface area contributed by atoms with Crippen molar-refractivity contribution in [2.24, 2.45) is 5.92 Å². The molecule has 1 aliphatic heterocycles. The molecule has 1 atom stereocenters. The van der Waals surface area contributed by atoms with Crippen LogP contribution in [-0.2, 0) is 32.4 Å². The van der Waals surface area contributed by atoms with E-state index in [1.165, 1.54) is 0 Å². The van der Waals surface area contributed by atoms with Crippen molar-refractivity contribution in [2.45, 2.75) is 57.0 Å². The Kier molecular flexibility index (Phi) is 5.44. The van der Waals surface area contributed by atoms with Crippen LogP contribution in [0.5, 0.6) is 0 Å². The van der Waals surface area contributed by atoms with Gasteiger partial charge in [0.05, 0.1) is 17.2 Å². The third-order valence-corrected chi connectivity index (χ3v) is 7.36. The minimum atomic E-state index is -3.60. The first-order chi connectivity index (χ1) is 14.2. The van der Waals surface area contributed by atoms with E-state index in [0.29, 0.717) is 12.2 Å². The number of furan rings is 1. The van der Waals surface area contributed by atoms with E-state index in [9.17, 15) is 18.0 Å². The number of sulfone groups is 1. The van der Waals surface area contributed by atoms with Crippen molar-refractivity contribution in [3.63, 3.8) is 0 Å². The molecule has 1 aromatic carbocycles. The van der Waals surface area contributed by atoms with Gasteiger partial charge in [-0.1, -0.05) is 0 Å². The molecular formula is C22H26N2O5S. The molecule has 1 fully saturated rings. The van der Waals surface area contributed by atoms with Gasteiger partial charge in [0.2, 0.25) is 11.8 Å². The topological polar surface area (TPSA) is 96.7 Å². The number of fused-ring (bicyclic) bond motifs is 1. The largest absolute Gasteiger partial charge is 0.465 e. The van der Waals surface area contributed by atoms with Crippen LogP contribution in [-0.4, -0.2) is 32.0 Å². The standard InChI is InChI=1S/C22H26N2O5S/c1-14-11-17-12-19(7-8-20(17)24(14)22(26)16-4-5-16)30(27,28)10-9-21(25)23-13-18-6-3-15(2)29-18/h3,6-8,12,14,16H,4-5,9-11,13H2,1-2H3,(H,23,25)/t14-/m1/s1. The molecule has 0 radical (unpaired) electrons. The lowest BCUT2D eigenvalue weighted by Gasteiger charge is -2.22. The average Bonchev–Trinajstić information content (AvgIpc) is 3.39. The van der Waals surface area contributed by atoms with Crippen LogP contribution in [0.4, 0.5) is 5.69 Å². The van der Waals surface area contributed by atoms with Crippen molar-refractivity contribution in [2.75, 3.05) is 10.7 Å². The summed E-state index contributed by atoms with van der Waals surface area (Å²) in [5, 5.41) is 2.68. The SMILES string of the molecule is Cc1ccc(CNC(=O)CCS(=O)(=O)c2ccc3c(c2)C[C@@H](C)N3C(=O)C2CC2)o1. The van der Waals surface area contributed by atoms with Crippen LogP contribution >= 0.6 is 0 Å². The van der Waals surface area contributed by atoms with Crippen LogP contribution < -0.4 is 10.2 Å². The molecule has 2 heterocycles. The van der Waals surface area contributed by atoms with E-state index in [4.69, 9.17) is 4.42 Å². The van der Waals surface area contributed by atoms with Gasteiger partial charge in [-0.2, -0.15) is 0 Å². The van der Waals surface area contributed by atoms with Crippen molar-refractivity contribution in [1.82, 2.24) is 5.32 Å². The van der Waals surface area contributed by atoms with Crippen LogP contribution in [0.2, 0.25) is 0 Å². The van der Waals surface area contributed by atoms with E-state index < -0.39 is 9.84 Å². The molecule has 0 spiro atoms. The number of aryl methyl sites for hydroxylation is 1.